The number of nitrogens with one attached hydrogen (secondary N) is 1. The van der Waals surface area contributed by atoms with E-state index in [0.717, 1.165) is 32.1 Å². The van der Waals surface area contributed by atoms with Crippen molar-refractivity contribution in [1.29, 1.82) is 0 Å². The van der Waals surface area contributed by atoms with Gasteiger partial charge in [-0.25, -0.2) is 8.42 Å². The topological polar surface area (TPSA) is 49.4 Å². The standard InChI is InChI=1S/C12H24N2O2S/c1-17(15,16)10-9-14-8-2-3-12(14)11-4-6-13-7-5-11/h11-13H,2-10H2,1H3. The van der Waals surface area contributed by atoms with E-state index in [9.17, 15) is 8.42 Å². The molecule has 1 N–H and O–H groups in total. The van der Waals surface area contributed by atoms with Crippen LogP contribution in [0.3, 0.4) is 0 Å². The molecule has 0 aromatic heterocycles. The maximum absolute atomic E-state index is 11.2. The molecule has 0 amide bonds. The second-order valence-corrected chi connectivity index (χ2v) is 7.72. The van der Waals surface area contributed by atoms with Gasteiger partial charge in [-0.3, -0.25) is 4.90 Å². The third-order valence-corrected chi connectivity index (χ3v) is 5.02. The van der Waals surface area contributed by atoms with Crippen LogP contribution >= 0.6 is 0 Å². The molecule has 2 heterocycles. The zero-order valence-corrected chi connectivity index (χ0v) is 11.5. The highest BCUT2D eigenvalue weighted by molar-refractivity contribution is 7.90. The van der Waals surface area contributed by atoms with Gasteiger partial charge >= 0.3 is 0 Å². The lowest BCUT2D eigenvalue weighted by molar-refractivity contribution is 0.170. The van der Waals surface area contributed by atoms with Crippen LogP contribution in [0.4, 0.5) is 0 Å². The summed E-state index contributed by atoms with van der Waals surface area (Å²) in [6.07, 6.45) is 6.33. The molecule has 2 fully saturated rings. The molecule has 0 radical (unpaired) electrons. The number of likely N-dealkylation sites (tertiary alicyclic amines) is 1. The Kier molecular flexibility index (Phi) is 4.44. The highest BCUT2D eigenvalue weighted by Crippen LogP contribution is 2.29. The normalized spacial score (nSPS) is 28.6. The SMILES string of the molecule is CS(=O)(=O)CCN1CCCC1C1CCNCC1. The first-order valence-electron chi connectivity index (χ1n) is 6.69. The molecular formula is C12H24N2O2S. The van der Waals surface area contributed by atoms with Crippen LogP contribution in [0.25, 0.3) is 0 Å². The monoisotopic (exact) mass is 260 g/mol. The smallest absolute Gasteiger partial charge is 0.148 e. The zero-order chi connectivity index (χ0) is 12.3. The number of nitrogens with zero attached hydrogens (tertiary/aromatic N) is 1. The maximum atomic E-state index is 11.2. The van der Waals surface area contributed by atoms with Gasteiger partial charge in [-0.05, 0) is 51.2 Å². The van der Waals surface area contributed by atoms with Crippen molar-refractivity contribution in [2.24, 2.45) is 5.92 Å². The molecule has 2 aliphatic heterocycles. The Balaban J connectivity index is 1.87. The molecule has 0 bridgehead atoms. The van der Waals surface area contributed by atoms with Crippen LogP contribution in [0.15, 0.2) is 0 Å². The lowest BCUT2D eigenvalue weighted by atomic mass is 9.89. The summed E-state index contributed by atoms with van der Waals surface area (Å²) in [5, 5.41) is 3.39. The van der Waals surface area contributed by atoms with Gasteiger partial charge in [-0.15, -0.1) is 0 Å². The molecule has 0 aromatic carbocycles. The zero-order valence-electron chi connectivity index (χ0n) is 10.7. The summed E-state index contributed by atoms with van der Waals surface area (Å²) in [6.45, 7) is 4.07. The Labute approximate surface area is 105 Å². The maximum Gasteiger partial charge on any atom is 0.148 e. The molecule has 100 valence electrons. The van der Waals surface area contributed by atoms with Crippen LogP contribution in [0.2, 0.25) is 0 Å². The van der Waals surface area contributed by atoms with Crippen molar-refractivity contribution in [3.05, 3.63) is 0 Å². The average Bonchev–Trinajstić information content (AvgIpc) is 2.75. The van der Waals surface area contributed by atoms with Crippen LogP contribution in [-0.2, 0) is 9.84 Å². The van der Waals surface area contributed by atoms with E-state index in [1.807, 2.05) is 0 Å². The minimum atomic E-state index is -2.82. The van der Waals surface area contributed by atoms with Crippen molar-refractivity contribution in [2.45, 2.75) is 31.7 Å². The van der Waals surface area contributed by atoms with E-state index in [1.165, 1.54) is 31.9 Å². The van der Waals surface area contributed by atoms with Crippen LogP contribution in [0.5, 0.6) is 0 Å². The fraction of sp³-hybridized carbons (Fsp3) is 1.00. The number of hydrogen-bond donors (Lipinski definition) is 1. The van der Waals surface area contributed by atoms with Gasteiger partial charge in [0.25, 0.3) is 0 Å². The molecular weight excluding hydrogens is 236 g/mol. The second-order valence-electron chi connectivity index (χ2n) is 5.46. The van der Waals surface area contributed by atoms with E-state index >= 15 is 0 Å². The first kappa shape index (κ1) is 13.3. The molecule has 1 unspecified atom stereocenters. The second kappa shape index (κ2) is 5.67. The van der Waals surface area contributed by atoms with E-state index in [1.54, 1.807) is 0 Å². The predicted octanol–water partition coefficient (Wildman–Crippen LogP) is 0.495. The molecule has 2 saturated heterocycles. The molecule has 0 aliphatic carbocycles. The van der Waals surface area contributed by atoms with Gasteiger partial charge in [0, 0.05) is 18.8 Å². The Morgan fingerprint density at radius 2 is 1.94 bits per heavy atom. The summed E-state index contributed by atoms with van der Waals surface area (Å²) >= 11 is 0. The number of sulfone groups is 1. The molecule has 2 rings (SSSR count). The van der Waals surface area contributed by atoms with Crippen molar-refractivity contribution in [2.75, 3.05) is 38.2 Å². The summed E-state index contributed by atoms with van der Waals surface area (Å²) in [5.74, 6) is 1.09. The summed E-state index contributed by atoms with van der Waals surface area (Å²) in [5.41, 5.74) is 0. The summed E-state index contributed by atoms with van der Waals surface area (Å²) in [7, 11) is -2.82. The molecule has 5 heteroatoms. The van der Waals surface area contributed by atoms with Gasteiger partial charge in [0.05, 0.1) is 5.75 Å². The lowest BCUT2D eigenvalue weighted by Crippen LogP contribution is -2.42. The van der Waals surface area contributed by atoms with E-state index in [-0.39, 0.29) is 0 Å². The van der Waals surface area contributed by atoms with Gasteiger partial charge in [-0.1, -0.05) is 0 Å². The van der Waals surface area contributed by atoms with Crippen molar-refractivity contribution in [3.63, 3.8) is 0 Å². The minimum Gasteiger partial charge on any atom is -0.317 e. The number of piperidine rings is 1. The predicted molar refractivity (Wildman–Crippen MR) is 69.9 cm³/mol. The molecule has 0 aromatic rings. The fourth-order valence-corrected chi connectivity index (χ4v) is 3.74. The van der Waals surface area contributed by atoms with Gasteiger partial charge < -0.3 is 5.32 Å². The van der Waals surface area contributed by atoms with Crippen LogP contribution in [0, 0.1) is 5.92 Å². The molecule has 0 saturated carbocycles. The molecule has 1 atom stereocenters. The first-order valence-corrected chi connectivity index (χ1v) is 8.75. The Morgan fingerprint density at radius 3 is 2.59 bits per heavy atom. The van der Waals surface area contributed by atoms with Gasteiger partial charge in [-0.2, -0.15) is 0 Å². The Hall–Kier alpha value is -0.130. The summed E-state index contributed by atoms with van der Waals surface area (Å²) in [4.78, 5) is 2.41. The number of hydrogen-bond acceptors (Lipinski definition) is 4. The number of rotatable bonds is 4. The average molecular weight is 260 g/mol. The third kappa shape index (κ3) is 3.93. The van der Waals surface area contributed by atoms with Crippen molar-refractivity contribution in [3.8, 4) is 0 Å². The molecule has 4 nitrogen and oxygen atoms in total. The van der Waals surface area contributed by atoms with Crippen molar-refractivity contribution >= 4 is 9.84 Å². The van der Waals surface area contributed by atoms with E-state index < -0.39 is 9.84 Å². The fourth-order valence-electron chi connectivity index (χ4n) is 3.18. The Morgan fingerprint density at radius 1 is 1.24 bits per heavy atom. The summed E-state index contributed by atoms with van der Waals surface area (Å²) < 4.78 is 22.5. The van der Waals surface area contributed by atoms with Crippen LogP contribution < -0.4 is 5.32 Å². The van der Waals surface area contributed by atoms with Crippen LogP contribution in [0.1, 0.15) is 25.7 Å². The van der Waals surface area contributed by atoms with Crippen molar-refractivity contribution < 1.29 is 8.42 Å². The van der Waals surface area contributed by atoms with Crippen LogP contribution in [-0.4, -0.2) is 57.5 Å². The first-order chi connectivity index (χ1) is 8.06. The Bertz CT molecular complexity index is 336. The van der Waals surface area contributed by atoms with E-state index in [4.69, 9.17) is 0 Å². The quantitative estimate of drug-likeness (QED) is 0.799. The third-order valence-electron chi connectivity index (χ3n) is 4.09. The molecule has 2 aliphatic rings. The van der Waals surface area contributed by atoms with Crippen molar-refractivity contribution in [1.82, 2.24) is 10.2 Å². The van der Waals surface area contributed by atoms with E-state index in [0.29, 0.717) is 11.8 Å². The molecule has 17 heavy (non-hydrogen) atoms. The lowest BCUT2D eigenvalue weighted by Gasteiger charge is -2.34. The highest BCUT2D eigenvalue weighted by Gasteiger charge is 2.32. The van der Waals surface area contributed by atoms with Gasteiger partial charge in [0.15, 0.2) is 0 Å². The molecule has 0 spiro atoms. The highest BCUT2D eigenvalue weighted by atomic mass is 32.2. The largest absolute Gasteiger partial charge is 0.317 e. The van der Waals surface area contributed by atoms with Gasteiger partial charge in [0.2, 0.25) is 0 Å². The van der Waals surface area contributed by atoms with E-state index in [2.05, 4.69) is 10.2 Å². The minimum absolute atomic E-state index is 0.314. The summed E-state index contributed by atoms with van der Waals surface area (Å²) in [6, 6.07) is 0.638. The van der Waals surface area contributed by atoms with Gasteiger partial charge in [0.1, 0.15) is 9.84 Å².